The topological polar surface area (TPSA) is 72.9 Å². The molecule has 104 valence electrons. The van der Waals surface area contributed by atoms with Crippen LogP contribution in [0.4, 0.5) is 10.6 Å². The Balaban J connectivity index is 2.09. The van der Waals surface area contributed by atoms with Gasteiger partial charge in [0.2, 0.25) is 0 Å². The first kappa shape index (κ1) is 13.0. The number of benzene rings is 1. The van der Waals surface area contributed by atoms with Crippen molar-refractivity contribution in [2.24, 2.45) is 5.73 Å². The highest BCUT2D eigenvalue weighted by Gasteiger charge is 2.28. The summed E-state index contributed by atoms with van der Waals surface area (Å²) in [7, 11) is 0. The van der Waals surface area contributed by atoms with Gasteiger partial charge in [0.05, 0.1) is 11.4 Å². The summed E-state index contributed by atoms with van der Waals surface area (Å²) in [6.07, 6.45) is 3.36. The highest BCUT2D eigenvalue weighted by molar-refractivity contribution is 6.34. The van der Waals surface area contributed by atoms with Crippen molar-refractivity contribution in [2.75, 3.05) is 5.32 Å². The summed E-state index contributed by atoms with van der Waals surface area (Å²) in [6, 6.07) is 8.89. The number of rotatable bonds is 3. The van der Waals surface area contributed by atoms with E-state index in [0.29, 0.717) is 16.8 Å². The molecule has 0 saturated heterocycles. The quantitative estimate of drug-likeness (QED) is 0.910. The number of nitrogens with one attached hydrogen (secondary N) is 1. The number of nitrogens with two attached hydrogens (primary N) is 1. The maximum atomic E-state index is 11.2. The molecule has 0 spiro atoms. The maximum Gasteiger partial charge on any atom is 0.317 e. The Kier molecular flexibility index (Phi) is 3.36. The van der Waals surface area contributed by atoms with Crippen LogP contribution >= 0.6 is 11.6 Å². The second-order valence-corrected chi connectivity index (χ2v) is 5.29. The number of aromatic nitrogens is 2. The van der Waals surface area contributed by atoms with E-state index in [4.69, 9.17) is 17.3 Å². The number of hydrogen-bond donors (Lipinski definition) is 2. The first-order valence-electron chi connectivity index (χ1n) is 6.57. The van der Waals surface area contributed by atoms with Gasteiger partial charge in [0, 0.05) is 5.92 Å². The zero-order valence-corrected chi connectivity index (χ0v) is 11.6. The molecule has 1 aromatic carbocycles. The maximum absolute atomic E-state index is 11.2. The van der Waals surface area contributed by atoms with Crippen LogP contribution in [0.1, 0.15) is 30.9 Å². The summed E-state index contributed by atoms with van der Waals surface area (Å²) < 4.78 is 1.64. The van der Waals surface area contributed by atoms with E-state index in [-0.39, 0.29) is 0 Å². The van der Waals surface area contributed by atoms with E-state index in [9.17, 15) is 4.79 Å². The van der Waals surface area contributed by atoms with Gasteiger partial charge in [-0.2, -0.15) is 5.10 Å². The molecule has 1 heterocycles. The fourth-order valence-corrected chi connectivity index (χ4v) is 2.66. The highest BCUT2D eigenvalue weighted by Crippen LogP contribution is 2.42. The van der Waals surface area contributed by atoms with Crippen LogP contribution in [0.2, 0.25) is 5.02 Å². The number of carbonyl (C=O) groups excluding carboxylic acids is 1. The zero-order valence-electron chi connectivity index (χ0n) is 10.8. The Morgan fingerprint density at radius 1 is 1.35 bits per heavy atom. The molecule has 6 heteroatoms. The van der Waals surface area contributed by atoms with Crippen molar-refractivity contribution < 1.29 is 4.79 Å². The summed E-state index contributed by atoms with van der Waals surface area (Å²) in [5.74, 6) is 0.813. The molecular formula is C14H15ClN4O. The lowest BCUT2D eigenvalue weighted by Crippen LogP contribution is -2.21. The van der Waals surface area contributed by atoms with Gasteiger partial charge < -0.3 is 5.73 Å². The molecule has 0 bridgehead atoms. The van der Waals surface area contributed by atoms with Gasteiger partial charge in [-0.1, -0.05) is 36.2 Å². The van der Waals surface area contributed by atoms with Crippen LogP contribution in [-0.2, 0) is 0 Å². The largest absolute Gasteiger partial charge is 0.351 e. The molecule has 2 amide bonds. The molecule has 0 aliphatic heterocycles. The minimum absolute atomic E-state index is 0.376. The van der Waals surface area contributed by atoms with Crippen molar-refractivity contribution in [1.29, 1.82) is 0 Å². The van der Waals surface area contributed by atoms with Gasteiger partial charge in [-0.25, -0.2) is 9.48 Å². The molecule has 0 atom stereocenters. The third-order valence-electron chi connectivity index (χ3n) is 3.59. The summed E-state index contributed by atoms with van der Waals surface area (Å²) in [5.41, 5.74) is 6.90. The van der Waals surface area contributed by atoms with Crippen LogP contribution < -0.4 is 11.1 Å². The minimum atomic E-state index is -0.649. The Labute approximate surface area is 121 Å². The molecule has 2 aromatic rings. The van der Waals surface area contributed by atoms with Gasteiger partial charge in [-0.05, 0) is 25.0 Å². The predicted octanol–water partition coefficient (Wildman–Crippen LogP) is 3.28. The van der Waals surface area contributed by atoms with Crippen molar-refractivity contribution in [2.45, 2.75) is 25.2 Å². The van der Waals surface area contributed by atoms with Gasteiger partial charge in [-0.15, -0.1) is 0 Å². The van der Waals surface area contributed by atoms with Crippen LogP contribution in [0.5, 0.6) is 0 Å². The summed E-state index contributed by atoms with van der Waals surface area (Å²) in [6.45, 7) is 0. The Morgan fingerprint density at radius 3 is 2.60 bits per heavy atom. The number of anilines is 1. The summed E-state index contributed by atoms with van der Waals surface area (Å²) in [5, 5.41) is 7.62. The lowest BCUT2D eigenvalue weighted by atomic mass is 9.83. The van der Waals surface area contributed by atoms with E-state index in [1.54, 1.807) is 4.68 Å². The molecule has 3 N–H and O–H groups in total. The van der Waals surface area contributed by atoms with Crippen LogP contribution in [0, 0.1) is 0 Å². The summed E-state index contributed by atoms with van der Waals surface area (Å²) in [4.78, 5) is 11.2. The zero-order chi connectivity index (χ0) is 14.1. The van der Waals surface area contributed by atoms with Crippen molar-refractivity contribution in [3.63, 3.8) is 0 Å². The number of nitrogens with zero attached hydrogens (tertiary/aromatic N) is 2. The Bertz CT molecular complexity index is 634. The average molecular weight is 291 g/mol. The molecule has 3 rings (SSSR count). The Hall–Kier alpha value is -2.01. The minimum Gasteiger partial charge on any atom is -0.351 e. The molecule has 0 unspecified atom stereocenters. The van der Waals surface area contributed by atoms with Gasteiger partial charge in [0.15, 0.2) is 5.82 Å². The second-order valence-electron chi connectivity index (χ2n) is 4.91. The highest BCUT2D eigenvalue weighted by atomic mass is 35.5. The van der Waals surface area contributed by atoms with Gasteiger partial charge in [0.25, 0.3) is 0 Å². The number of halogens is 1. The SMILES string of the molecule is NC(=O)Nc1c(Cl)c(C2CCC2)nn1-c1ccccc1. The molecule has 1 aliphatic carbocycles. The number of urea groups is 1. The Morgan fingerprint density at radius 2 is 2.05 bits per heavy atom. The molecule has 20 heavy (non-hydrogen) atoms. The number of primary amides is 1. The van der Waals surface area contributed by atoms with E-state index in [1.807, 2.05) is 30.3 Å². The standard InChI is InChI=1S/C14H15ClN4O/c15-11-12(9-5-4-6-9)18-19(13(11)17-14(16)20)10-7-2-1-3-8-10/h1-3,7-9H,4-6H2,(H3,16,17,20). The molecule has 1 aliphatic rings. The van der Waals surface area contributed by atoms with Crippen LogP contribution in [0.3, 0.4) is 0 Å². The normalized spacial score (nSPS) is 14.8. The van der Waals surface area contributed by atoms with Crippen molar-refractivity contribution in [3.8, 4) is 5.69 Å². The van der Waals surface area contributed by atoms with Crippen molar-refractivity contribution in [3.05, 3.63) is 41.0 Å². The van der Waals surface area contributed by atoms with Crippen LogP contribution in [-0.4, -0.2) is 15.8 Å². The number of hydrogen-bond acceptors (Lipinski definition) is 2. The van der Waals surface area contributed by atoms with Gasteiger partial charge in [-0.3, -0.25) is 5.32 Å². The fraction of sp³-hybridized carbons (Fsp3) is 0.286. The van der Waals surface area contributed by atoms with Crippen molar-refractivity contribution in [1.82, 2.24) is 9.78 Å². The first-order chi connectivity index (χ1) is 9.66. The molecule has 1 saturated carbocycles. The lowest BCUT2D eigenvalue weighted by molar-refractivity contribution is 0.259. The van der Waals surface area contributed by atoms with Crippen LogP contribution in [0.15, 0.2) is 30.3 Å². The molecule has 1 aromatic heterocycles. The van der Waals surface area contributed by atoms with E-state index in [2.05, 4.69) is 10.4 Å². The second kappa shape index (κ2) is 5.17. The van der Waals surface area contributed by atoms with Crippen LogP contribution in [0.25, 0.3) is 5.69 Å². The van der Waals surface area contributed by atoms with Gasteiger partial charge in [0.1, 0.15) is 5.02 Å². The number of amides is 2. The average Bonchev–Trinajstić information content (AvgIpc) is 2.67. The van der Waals surface area contributed by atoms with E-state index >= 15 is 0 Å². The van der Waals surface area contributed by atoms with E-state index < -0.39 is 6.03 Å². The smallest absolute Gasteiger partial charge is 0.317 e. The molecule has 1 fully saturated rings. The van der Waals surface area contributed by atoms with Gasteiger partial charge >= 0.3 is 6.03 Å². The lowest BCUT2D eigenvalue weighted by Gasteiger charge is -2.23. The number of carbonyl (C=O) groups is 1. The third-order valence-corrected chi connectivity index (χ3v) is 3.96. The first-order valence-corrected chi connectivity index (χ1v) is 6.95. The molecule has 0 radical (unpaired) electrons. The number of para-hydroxylation sites is 1. The fourth-order valence-electron chi connectivity index (χ4n) is 2.34. The van der Waals surface area contributed by atoms with Crippen molar-refractivity contribution >= 4 is 23.4 Å². The molecule has 5 nitrogen and oxygen atoms in total. The van der Waals surface area contributed by atoms with E-state index in [0.717, 1.165) is 24.2 Å². The summed E-state index contributed by atoms with van der Waals surface area (Å²) >= 11 is 6.38. The monoisotopic (exact) mass is 290 g/mol. The third kappa shape index (κ3) is 2.25. The molecular weight excluding hydrogens is 276 g/mol. The van der Waals surface area contributed by atoms with E-state index in [1.165, 1.54) is 6.42 Å². The predicted molar refractivity (Wildman–Crippen MR) is 78.4 cm³/mol.